The van der Waals surface area contributed by atoms with Gasteiger partial charge in [-0.1, -0.05) is 38.1 Å². The Kier molecular flexibility index (Phi) is 6.29. The molecular formula is C24H24N2O3. The zero-order valence-corrected chi connectivity index (χ0v) is 16.7. The first-order valence-electron chi connectivity index (χ1n) is 9.43. The van der Waals surface area contributed by atoms with Crippen LogP contribution in [0.3, 0.4) is 0 Å². The van der Waals surface area contributed by atoms with Crippen LogP contribution in [0, 0.1) is 0 Å². The van der Waals surface area contributed by atoms with Crippen LogP contribution in [0.2, 0.25) is 0 Å². The SMILES string of the molecule is COc1ccccc1NC(=O)c1ccc(NC(=O)c2ccc(C(C)C)cc2)cc1. The van der Waals surface area contributed by atoms with Crippen molar-refractivity contribution in [3.8, 4) is 5.75 Å². The molecule has 5 heteroatoms. The van der Waals surface area contributed by atoms with Crippen LogP contribution in [0.15, 0.2) is 72.8 Å². The second-order valence-electron chi connectivity index (χ2n) is 6.96. The number of nitrogens with one attached hydrogen (secondary N) is 2. The highest BCUT2D eigenvalue weighted by Crippen LogP contribution is 2.24. The number of methoxy groups -OCH3 is 1. The highest BCUT2D eigenvalue weighted by Gasteiger charge is 2.11. The van der Waals surface area contributed by atoms with Crippen molar-refractivity contribution in [2.45, 2.75) is 19.8 Å². The molecule has 0 radical (unpaired) electrons. The lowest BCUT2D eigenvalue weighted by Gasteiger charge is -2.11. The molecule has 0 unspecified atom stereocenters. The Bertz CT molecular complexity index is 993. The van der Waals surface area contributed by atoms with Gasteiger partial charge in [0.15, 0.2) is 0 Å². The fourth-order valence-corrected chi connectivity index (χ4v) is 2.87. The summed E-state index contributed by atoms with van der Waals surface area (Å²) in [5.41, 5.74) is 3.48. The van der Waals surface area contributed by atoms with E-state index in [-0.39, 0.29) is 11.8 Å². The molecule has 0 aliphatic carbocycles. The molecule has 0 spiro atoms. The molecule has 0 saturated heterocycles. The number of para-hydroxylation sites is 2. The van der Waals surface area contributed by atoms with Crippen molar-refractivity contribution in [3.63, 3.8) is 0 Å². The van der Waals surface area contributed by atoms with E-state index in [4.69, 9.17) is 4.74 Å². The van der Waals surface area contributed by atoms with Crippen molar-refractivity contribution in [1.82, 2.24) is 0 Å². The number of rotatable bonds is 6. The lowest BCUT2D eigenvalue weighted by Crippen LogP contribution is -2.14. The Morgan fingerprint density at radius 3 is 1.90 bits per heavy atom. The number of carbonyl (C=O) groups is 2. The molecule has 2 N–H and O–H groups in total. The van der Waals surface area contributed by atoms with Gasteiger partial charge in [-0.15, -0.1) is 0 Å². The number of hydrogen-bond acceptors (Lipinski definition) is 3. The second-order valence-corrected chi connectivity index (χ2v) is 6.96. The van der Waals surface area contributed by atoms with E-state index in [0.29, 0.717) is 34.2 Å². The normalized spacial score (nSPS) is 10.5. The third kappa shape index (κ3) is 5.02. The average molecular weight is 388 g/mol. The number of hydrogen-bond donors (Lipinski definition) is 2. The number of ether oxygens (including phenoxy) is 1. The predicted molar refractivity (Wildman–Crippen MR) is 116 cm³/mol. The minimum atomic E-state index is -0.253. The van der Waals surface area contributed by atoms with E-state index >= 15 is 0 Å². The maximum Gasteiger partial charge on any atom is 0.255 e. The van der Waals surface area contributed by atoms with Crippen molar-refractivity contribution in [2.24, 2.45) is 0 Å². The summed E-state index contributed by atoms with van der Waals surface area (Å²) in [6, 6.07) is 21.5. The van der Waals surface area contributed by atoms with Gasteiger partial charge in [0, 0.05) is 16.8 Å². The Morgan fingerprint density at radius 2 is 1.31 bits per heavy atom. The minimum absolute atomic E-state index is 0.188. The number of amides is 2. The van der Waals surface area contributed by atoms with E-state index in [0.717, 1.165) is 0 Å². The van der Waals surface area contributed by atoms with E-state index in [2.05, 4.69) is 24.5 Å². The minimum Gasteiger partial charge on any atom is -0.495 e. The van der Waals surface area contributed by atoms with Crippen molar-refractivity contribution in [1.29, 1.82) is 0 Å². The molecule has 2 amide bonds. The van der Waals surface area contributed by atoms with Crippen LogP contribution in [-0.2, 0) is 0 Å². The summed E-state index contributed by atoms with van der Waals surface area (Å²) in [7, 11) is 1.55. The number of anilines is 2. The first-order valence-corrected chi connectivity index (χ1v) is 9.43. The lowest BCUT2D eigenvalue weighted by molar-refractivity contribution is 0.101. The van der Waals surface area contributed by atoms with Gasteiger partial charge in [-0.05, 0) is 60.0 Å². The molecule has 0 fully saturated rings. The summed E-state index contributed by atoms with van der Waals surface area (Å²) in [6.07, 6.45) is 0. The molecule has 0 aliphatic heterocycles. The van der Waals surface area contributed by atoms with Crippen LogP contribution in [0.5, 0.6) is 5.75 Å². The smallest absolute Gasteiger partial charge is 0.255 e. The van der Waals surface area contributed by atoms with Crippen LogP contribution in [0.4, 0.5) is 11.4 Å². The van der Waals surface area contributed by atoms with Crippen molar-refractivity contribution >= 4 is 23.2 Å². The Labute approximate surface area is 170 Å². The van der Waals surface area contributed by atoms with E-state index in [9.17, 15) is 9.59 Å². The van der Waals surface area contributed by atoms with Gasteiger partial charge in [-0.2, -0.15) is 0 Å². The van der Waals surface area contributed by atoms with E-state index in [1.807, 2.05) is 36.4 Å². The van der Waals surface area contributed by atoms with E-state index in [1.165, 1.54) is 5.56 Å². The fraction of sp³-hybridized carbons (Fsp3) is 0.167. The second kappa shape index (κ2) is 9.06. The monoisotopic (exact) mass is 388 g/mol. The van der Waals surface area contributed by atoms with Crippen molar-refractivity contribution in [3.05, 3.63) is 89.5 Å². The maximum absolute atomic E-state index is 12.5. The zero-order chi connectivity index (χ0) is 20.8. The molecule has 3 aromatic carbocycles. The molecule has 5 nitrogen and oxygen atoms in total. The quantitative estimate of drug-likeness (QED) is 0.600. The first kappa shape index (κ1) is 20.1. The molecule has 29 heavy (non-hydrogen) atoms. The average Bonchev–Trinajstić information content (AvgIpc) is 2.74. The summed E-state index contributed by atoms with van der Waals surface area (Å²) < 4.78 is 5.25. The third-order valence-electron chi connectivity index (χ3n) is 4.60. The Balaban J connectivity index is 1.65. The van der Waals surface area contributed by atoms with Crippen LogP contribution >= 0.6 is 0 Å². The number of benzene rings is 3. The Hall–Kier alpha value is -3.60. The molecule has 0 saturated carbocycles. The topological polar surface area (TPSA) is 67.4 Å². The summed E-state index contributed by atoms with van der Waals surface area (Å²) in [5, 5.41) is 5.68. The van der Waals surface area contributed by atoms with Crippen LogP contribution in [0.25, 0.3) is 0 Å². The fourth-order valence-electron chi connectivity index (χ4n) is 2.87. The zero-order valence-electron chi connectivity index (χ0n) is 16.7. The predicted octanol–water partition coefficient (Wildman–Crippen LogP) is 5.32. The molecule has 0 heterocycles. The molecule has 0 aromatic heterocycles. The molecule has 0 bridgehead atoms. The van der Waals surface area contributed by atoms with Gasteiger partial charge >= 0.3 is 0 Å². The van der Waals surface area contributed by atoms with E-state index < -0.39 is 0 Å². The lowest BCUT2D eigenvalue weighted by atomic mass is 10.0. The maximum atomic E-state index is 12.5. The van der Waals surface area contributed by atoms with Gasteiger partial charge in [-0.25, -0.2) is 0 Å². The standard InChI is InChI=1S/C24H24N2O3/c1-16(2)17-8-10-18(11-9-17)23(27)25-20-14-12-19(13-15-20)24(28)26-21-6-4-5-7-22(21)29-3/h4-16H,1-3H3,(H,25,27)(H,26,28). The van der Waals surface area contributed by atoms with Crippen LogP contribution in [0.1, 0.15) is 46.0 Å². The van der Waals surface area contributed by atoms with E-state index in [1.54, 1.807) is 43.5 Å². The van der Waals surface area contributed by atoms with Crippen LogP contribution in [-0.4, -0.2) is 18.9 Å². The molecule has 3 aromatic rings. The summed E-state index contributed by atoms with van der Waals surface area (Å²) >= 11 is 0. The third-order valence-corrected chi connectivity index (χ3v) is 4.60. The van der Waals surface area contributed by atoms with Crippen LogP contribution < -0.4 is 15.4 Å². The largest absolute Gasteiger partial charge is 0.495 e. The van der Waals surface area contributed by atoms with Crippen molar-refractivity contribution in [2.75, 3.05) is 17.7 Å². The summed E-state index contributed by atoms with van der Waals surface area (Å²) in [5.74, 6) is 0.568. The van der Waals surface area contributed by atoms with Gasteiger partial charge in [0.1, 0.15) is 5.75 Å². The first-order chi connectivity index (χ1) is 14.0. The van der Waals surface area contributed by atoms with Gasteiger partial charge in [0.25, 0.3) is 11.8 Å². The molecule has 3 rings (SSSR count). The van der Waals surface area contributed by atoms with Gasteiger partial charge < -0.3 is 15.4 Å². The van der Waals surface area contributed by atoms with Gasteiger partial charge in [-0.3, -0.25) is 9.59 Å². The highest BCUT2D eigenvalue weighted by molar-refractivity contribution is 6.06. The molecule has 148 valence electrons. The molecule has 0 aliphatic rings. The highest BCUT2D eigenvalue weighted by atomic mass is 16.5. The number of carbonyl (C=O) groups excluding carboxylic acids is 2. The molecule has 0 atom stereocenters. The summed E-state index contributed by atoms with van der Waals surface area (Å²) in [4.78, 5) is 24.9. The van der Waals surface area contributed by atoms with Gasteiger partial charge in [0.2, 0.25) is 0 Å². The van der Waals surface area contributed by atoms with Gasteiger partial charge in [0.05, 0.1) is 12.8 Å². The molecular weight excluding hydrogens is 364 g/mol. The van der Waals surface area contributed by atoms with Crippen molar-refractivity contribution < 1.29 is 14.3 Å². The summed E-state index contributed by atoms with van der Waals surface area (Å²) in [6.45, 7) is 4.22. The Morgan fingerprint density at radius 1 is 0.759 bits per heavy atom.